The van der Waals surface area contributed by atoms with Crippen molar-refractivity contribution in [1.29, 1.82) is 0 Å². The van der Waals surface area contributed by atoms with Crippen LogP contribution >= 0.6 is 0 Å². The number of unbranched alkanes of at least 4 members (excludes halogenated alkanes) is 11. The maximum atomic E-state index is 15.2. The van der Waals surface area contributed by atoms with Gasteiger partial charge in [-0.3, -0.25) is 0 Å². The summed E-state index contributed by atoms with van der Waals surface area (Å²) in [5, 5.41) is 0. The van der Waals surface area contributed by atoms with Gasteiger partial charge in [0.1, 0.15) is 5.82 Å². The molecular weight excluding hydrogens is 557 g/mol. The van der Waals surface area contributed by atoms with Crippen LogP contribution in [0.3, 0.4) is 0 Å². The van der Waals surface area contributed by atoms with E-state index in [4.69, 9.17) is 9.47 Å². The predicted molar refractivity (Wildman–Crippen MR) is 175 cm³/mol. The molecule has 0 N–H and O–H groups in total. The molecule has 0 aromatic heterocycles. The summed E-state index contributed by atoms with van der Waals surface area (Å²) in [6.45, 7) is 5.68. The average Bonchev–Trinajstić information content (AvgIpc) is 3.04. The second-order valence-corrected chi connectivity index (χ2v) is 12.5. The van der Waals surface area contributed by atoms with Crippen LogP contribution in [0, 0.1) is 23.4 Å². The smallest absolute Gasteiger partial charge is 0.183 e. The Labute approximate surface area is 263 Å². The summed E-state index contributed by atoms with van der Waals surface area (Å²) in [7, 11) is 0. The summed E-state index contributed by atoms with van der Waals surface area (Å²) in [5.74, 6) is -1.57. The minimum atomic E-state index is -0.823. The summed E-state index contributed by atoms with van der Waals surface area (Å²) in [5.41, 5.74) is 2.97. The first-order valence-corrected chi connectivity index (χ1v) is 17.1. The molecule has 1 heterocycles. The fourth-order valence-corrected chi connectivity index (χ4v) is 6.14. The molecule has 0 spiro atoms. The molecule has 3 aromatic rings. The van der Waals surface area contributed by atoms with E-state index >= 15 is 8.78 Å². The topological polar surface area (TPSA) is 18.5 Å². The van der Waals surface area contributed by atoms with E-state index in [1.165, 1.54) is 70.3 Å². The van der Waals surface area contributed by atoms with E-state index in [1.54, 1.807) is 42.5 Å². The van der Waals surface area contributed by atoms with Gasteiger partial charge >= 0.3 is 0 Å². The minimum absolute atomic E-state index is 0.218. The molecule has 4 rings (SSSR count). The zero-order chi connectivity index (χ0) is 31.1. The van der Waals surface area contributed by atoms with Crippen LogP contribution in [0.5, 0.6) is 0 Å². The van der Waals surface area contributed by atoms with Crippen molar-refractivity contribution in [1.82, 2.24) is 0 Å². The lowest BCUT2D eigenvalue weighted by atomic mass is 9.96. The third kappa shape index (κ3) is 9.94. The van der Waals surface area contributed by atoms with Crippen molar-refractivity contribution in [3.8, 4) is 22.3 Å². The fourth-order valence-electron chi connectivity index (χ4n) is 6.14. The largest absolute Gasteiger partial charge is 0.348 e. The number of benzene rings is 3. The number of hydrogen-bond acceptors (Lipinski definition) is 2. The summed E-state index contributed by atoms with van der Waals surface area (Å²) >= 11 is 0. The molecule has 0 bridgehead atoms. The lowest BCUT2D eigenvalue weighted by molar-refractivity contribution is -0.206. The van der Waals surface area contributed by atoms with Crippen LogP contribution in [-0.2, 0) is 15.9 Å². The third-order valence-corrected chi connectivity index (χ3v) is 8.92. The standard InChI is InChI=1S/C39H51F3O2/c1-3-5-7-9-10-11-13-15-17-32-22-25-35(38(42)37(32)41)31-20-18-30(19-21-31)34-24-23-33(26-36(34)40)39-43-27-29(28-44-39)16-14-12-8-6-4-2/h18-26,29,39H,3-17,27-28H2,1-2H3. The van der Waals surface area contributed by atoms with Gasteiger partial charge in [-0.05, 0) is 42.0 Å². The Bertz CT molecular complexity index is 1270. The summed E-state index contributed by atoms with van der Waals surface area (Å²) in [4.78, 5) is 0. The Morgan fingerprint density at radius 1 is 0.591 bits per heavy atom. The van der Waals surface area contributed by atoms with Crippen LogP contribution in [0.4, 0.5) is 13.2 Å². The molecule has 5 heteroatoms. The summed E-state index contributed by atoms with van der Waals surface area (Å²) in [6.07, 6.45) is 16.7. The summed E-state index contributed by atoms with van der Waals surface area (Å²) in [6, 6.07) is 15.3. The molecule has 0 amide bonds. The summed E-state index contributed by atoms with van der Waals surface area (Å²) < 4.78 is 57.1. The van der Waals surface area contributed by atoms with E-state index in [2.05, 4.69) is 13.8 Å². The lowest BCUT2D eigenvalue weighted by Gasteiger charge is -2.29. The molecule has 1 aliphatic rings. The van der Waals surface area contributed by atoms with Gasteiger partial charge in [0.05, 0.1) is 13.2 Å². The maximum Gasteiger partial charge on any atom is 0.183 e. The van der Waals surface area contributed by atoms with Crippen molar-refractivity contribution in [3.05, 3.63) is 83.2 Å². The van der Waals surface area contributed by atoms with Gasteiger partial charge < -0.3 is 9.47 Å². The van der Waals surface area contributed by atoms with E-state index in [9.17, 15) is 4.39 Å². The van der Waals surface area contributed by atoms with Crippen LogP contribution in [0.25, 0.3) is 22.3 Å². The Morgan fingerprint density at radius 2 is 1.14 bits per heavy atom. The van der Waals surface area contributed by atoms with Gasteiger partial charge in [-0.1, -0.05) is 139 Å². The average molecular weight is 609 g/mol. The van der Waals surface area contributed by atoms with Crippen molar-refractivity contribution < 1.29 is 22.6 Å². The van der Waals surface area contributed by atoms with E-state index < -0.39 is 17.9 Å². The quantitative estimate of drug-likeness (QED) is 0.134. The van der Waals surface area contributed by atoms with Crippen molar-refractivity contribution in [2.24, 2.45) is 5.92 Å². The zero-order valence-electron chi connectivity index (χ0n) is 26.8. The minimum Gasteiger partial charge on any atom is -0.348 e. The number of ether oxygens (including phenoxy) is 2. The van der Waals surface area contributed by atoms with Crippen molar-refractivity contribution in [2.45, 2.75) is 116 Å². The van der Waals surface area contributed by atoms with E-state index in [0.29, 0.717) is 53.4 Å². The van der Waals surface area contributed by atoms with E-state index in [0.717, 1.165) is 25.7 Å². The predicted octanol–water partition coefficient (Wildman–Crippen LogP) is 12.1. The van der Waals surface area contributed by atoms with E-state index in [-0.39, 0.29) is 11.4 Å². The van der Waals surface area contributed by atoms with Crippen LogP contribution in [0.2, 0.25) is 0 Å². The molecule has 0 atom stereocenters. The molecule has 3 aromatic carbocycles. The highest BCUT2D eigenvalue weighted by atomic mass is 19.2. The Hall–Kier alpha value is -2.63. The molecule has 0 unspecified atom stereocenters. The normalized spacial score (nSPS) is 16.8. The van der Waals surface area contributed by atoms with Crippen molar-refractivity contribution in [2.75, 3.05) is 13.2 Å². The van der Waals surface area contributed by atoms with Crippen LogP contribution in [0.1, 0.15) is 121 Å². The number of rotatable bonds is 18. The molecule has 44 heavy (non-hydrogen) atoms. The molecule has 0 radical (unpaired) electrons. The SMILES string of the molecule is CCCCCCCCCCc1ccc(-c2ccc(-c3ccc(C4OCC(CCCCCCC)CO4)cc3F)cc2)c(F)c1F. The molecule has 2 nitrogen and oxygen atoms in total. The van der Waals surface area contributed by atoms with Gasteiger partial charge in [0.2, 0.25) is 0 Å². The number of aryl methyl sites for hydroxylation is 1. The second kappa shape index (κ2) is 18.4. The monoisotopic (exact) mass is 608 g/mol. The third-order valence-electron chi connectivity index (χ3n) is 8.92. The molecule has 0 aliphatic carbocycles. The van der Waals surface area contributed by atoms with Gasteiger partial charge in [-0.15, -0.1) is 0 Å². The van der Waals surface area contributed by atoms with Gasteiger partial charge in [0.25, 0.3) is 0 Å². The highest BCUT2D eigenvalue weighted by Crippen LogP contribution is 2.33. The molecule has 1 fully saturated rings. The first-order valence-electron chi connectivity index (χ1n) is 17.1. The second-order valence-electron chi connectivity index (χ2n) is 12.5. The molecule has 0 saturated carbocycles. The van der Waals surface area contributed by atoms with Crippen LogP contribution in [0.15, 0.2) is 54.6 Å². The fraction of sp³-hybridized carbons (Fsp3) is 0.538. The van der Waals surface area contributed by atoms with Gasteiger partial charge in [0, 0.05) is 22.6 Å². The lowest BCUT2D eigenvalue weighted by Crippen LogP contribution is -2.27. The molecule has 1 aliphatic heterocycles. The molecule has 1 saturated heterocycles. The Morgan fingerprint density at radius 3 is 1.75 bits per heavy atom. The highest BCUT2D eigenvalue weighted by Gasteiger charge is 2.24. The van der Waals surface area contributed by atoms with Gasteiger partial charge in [-0.2, -0.15) is 0 Å². The van der Waals surface area contributed by atoms with Crippen LogP contribution < -0.4 is 0 Å². The zero-order valence-corrected chi connectivity index (χ0v) is 26.8. The van der Waals surface area contributed by atoms with Crippen molar-refractivity contribution in [3.63, 3.8) is 0 Å². The maximum absolute atomic E-state index is 15.2. The van der Waals surface area contributed by atoms with Crippen molar-refractivity contribution >= 4 is 0 Å². The highest BCUT2D eigenvalue weighted by molar-refractivity contribution is 5.71. The molecular formula is C39H51F3O2. The first-order chi connectivity index (χ1) is 21.5. The van der Waals surface area contributed by atoms with Crippen LogP contribution in [-0.4, -0.2) is 13.2 Å². The first kappa shape index (κ1) is 34.2. The van der Waals surface area contributed by atoms with Gasteiger partial charge in [-0.25, -0.2) is 13.2 Å². The Kier molecular flexibility index (Phi) is 14.3. The Balaban J connectivity index is 1.29. The number of halogens is 3. The van der Waals surface area contributed by atoms with Gasteiger partial charge in [0.15, 0.2) is 17.9 Å². The van der Waals surface area contributed by atoms with E-state index in [1.807, 2.05) is 6.07 Å². The number of hydrogen-bond donors (Lipinski definition) is 0. The molecule has 240 valence electrons.